The van der Waals surface area contributed by atoms with Crippen molar-refractivity contribution in [1.82, 2.24) is 4.90 Å². The molecule has 1 aromatic rings. The van der Waals surface area contributed by atoms with Crippen molar-refractivity contribution >= 4 is 11.8 Å². The van der Waals surface area contributed by atoms with Gasteiger partial charge < -0.3 is 15.3 Å². The lowest BCUT2D eigenvalue weighted by Gasteiger charge is -2.31. The summed E-state index contributed by atoms with van der Waals surface area (Å²) in [4.78, 5) is 12.3. The Morgan fingerprint density at radius 1 is 1.38 bits per heavy atom. The van der Waals surface area contributed by atoms with Gasteiger partial charge in [0.25, 0.3) is 0 Å². The largest absolute Gasteiger partial charge is 0.465 e. The highest BCUT2D eigenvalue weighted by Crippen LogP contribution is 2.15. The molecule has 1 fully saturated rings. The van der Waals surface area contributed by atoms with Crippen molar-refractivity contribution in [3.63, 3.8) is 0 Å². The molecule has 0 bridgehead atoms. The van der Waals surface area contributed by atoms with Crippen molar-refractivity contribution in [2.75, 3.05) is 18.4 Å². The number of anilines is 1. The summed E-state index contributed by atoms with van der Waals surface area (Å²) in [6.45, 7) is 1.23. The molecule has 1 atom stereocenters. The van der Waals surface area contributed by atoms with Crippen molar-refractivity contribution in [1.29, 1.82) is 0 Å². The zero-order valence-electron chi connectivity index (χ0n) is 9.10. The van der Waals surface area contributed by atoms with Gasteiger partial charge >= 0.3 is 6.09 Å². The van der Waals surface area contributed by atoms with E-state index in [0.29, 0.717) is 13.1 Å². The van der Waals surface area contributed by atoms with Crippen LogP contribution in [0.3, 0.4) is 0 Å². The monoisotopic (exact) mass is 220 g/mol. The average Bonchev–Trinajstić information content (AvgIpc) is 2.30. The second kappa shape index (κ2) is 4.88. The van der Waals surface area contributed by atoms with Crippen LogP contribution in [0.2, 0.25) is 0 Å². The highest BCUT2D eigenvalue weighted by Gasteiger charge is 2.22. The van der Waals surface area contributed by atoms with Gasteiger partial charge in [-0.05, 0) is 25.0 Å². The molecular formula is C12H16N2O2. The van der Waals surface area contributed by atoms with Crippen LogP contribution in [0.25, 0.3) is 0 Å². The molecule has 1 aromatic carbocycles. The van der Waals surface area contributed by atoms with Crippen LogP contribution in [0.15, 0.2) is 30.3 Å². The van der Waals surface area contributed by atoms with Crippen LogP contribution in [-0.2, 0) is 0 Å². The molecule has 16 heavy (non-hydrogen) atoms. The quantitative estimate of drug-likeness (QED) is 0.803. The first kappa shape index (κ1) is 10.8. The Balaban J connectivity index is 1.93. The molecule has 0 spiro atoms. The lowest BCUT2D eigenvalue weighted by molar-refractivity contribution is 0.133. The van der Waals surface area contributed by atoms with E-state index in [9.17, 15) is 4.79 Å². The van der Waals surface area contributed by atoms with E-state index in [1.54, 1.807) is 0 Å². The minimum Gasteiger partial charge on any atom is -0.465 e. The normalized spacial score (nSPS) is 20.5. The van der Waals surface area contributed by atoms with E-state index in [2.05, 4.69) is 5.32 Å². The van der Waals surface area contributed by atoms with Gasteiger partial charge in [0.15, 0.2) is 0 Å². The van der Waals surface area contributed by atoms with Gasteiger partial charge in [-0.15, -0.1) is 0 Å². The highest BCUT2D eigenvalue weighted by atomic mass is 16.4. The maximum absolute atomic E-state index is 10.9. The van der Waals surface area contributed by atoms with E-state index >= 15 is 0 Å². The minimum absolute atomic E-state index is 0.229. The van der Waals surface area contributed by atoms with E-state index in [1.165, 1.54) is 4.90 Å². The number of hydrogen-bond acceptors (Lipinski definition) is 2. The molecule has 0 radical (unpaired) electrons. The third kappa shape index (κ3) is 2.66. The number of carboxylic acid groups (broad SMARTS) is 1. The number of nitrogens with one attached hydrogen (secondary N) is 1. The summed E-state index contributed by atoms with van der Waals surface area (Å²) in [5.74, 6) is 0. The molecule has 2 rings (SSSR count). The van der Waals surface area contributed by atoms with Gasteiger partial charge in [0, 0.05) is 24.8 Å². The SMILES string of the molecule is O=C(O)N1CCC[C@H](Nc2ccccc2)C1. The first-order chi connectivity index (χ1) is 7.75. The van der Waals surface area contributed by atoms with Gasteiger partial charge in [-0.1, -0.05) is 18.2 Å². The highest BCUT2D eigenvalue weighted by molar-refractivity contribution is 5.65. The number of piperidine rings is 1. The number of para-hydroxylation sites is 1. The van der Waals surface area contributed by atoms with Crippen LogP contribution in [0, 0.1) is 0 Å². The first-order valence-corrected chi connectivity index (χ1v) is 5.55. The second-order valence-corrected chi connectivity index (χ2v) is 4.08. The lowest BCUT2D eigenvalue weighted by atomic mass is 10.1. The molecule has 0 aliphatic carbocycles. The zero-order valence-corrected chi connectivity index (χ0v) is 9.10. The van der Waals surface area contributed by atoms with E-state index in [4.69, 9.17) is 5.11 Å². The first-order valence-electron chi connectivity index (χ1n) is 5.55. The fraction of sp³-hybridized carbons (Fsp3) is 0.417. The molecule has 1 aliphatic rings. The van der Waals surface area contributed by atoms with Crippen LogP contribution >= 0.6 is 0 Å². The molecule has 1 saturated heterocycles. The Hall–Kier alpha value is -1.71. The summed E-state index contributed by atoms with van der Waals surface area (Å²) in [5.41, 5.74) is 1.06. The van der Waals surface area contributed by atoms with Crippen molar-refractivity contribution in [3.05, 3.63) is 30.3 Å². The van der Waals surface area contributed by atoms with Gasteiger partial charge in [0.1, 0.15) is 0 Å². The third-order valence-corrected chi connectivity index (χ3v) is 2.84. The predicted octanol–water partition coefficient (Wildman–Crippen LogP) is 2.24. The Labute approximate surface area is 94.9 Å². The van der Waals surface area contributed by atoms with Crippen LogP contribution in [0.5, 0.6) is 0 Å². The minimum atomic E-state index is -0.820. The van der Waals surface area contributed by atoms with Crippen LogP contribution < -0.4 is 5.32 Å². The fourth-order valence-electron chi connectivity index (χ4n) is 2.04. The summed E-state index contributed by atoms with van der Waals surface area (Å²) < 4.78 is 0. The molecule has 4 nitrogen and oxygen atoms in total. The number of rotatable bonds is 2. The van der Waals surface area contributed by atoms with Crippen molar-refractivity contribution in [2.45, 2.75) is 18.9 Å². The van der Waals surface area contributed by atoms with Gasteiger partial charge in [-0.25, -0.2) is 4.79 Å². The molecule has 0 aromatic heterocycles. The van der Waals surface area contributed by atoms with Gasteiger partial charge in [0.05, 0.1) is 0 Å². The molecule has 2 N–H and O–H groups in total. The molecule has 86 valence electrons. The van der Waals surface area contributed by atoms with Gasteiger partial charge in [-0.2, -0.15) is 0 Å². The number of nitrogens with zero attached hydrogens (tertiary/aromatic N) is 1. The Morgan fingerprint density at radius 3 is 2.81 bits per heavy atom. The van der Waals surface area contributed by atoms with Crippen molar-refractivity contribution in [2.24, 2.45) is 0 Å². The average molecular weight is 220 g/mol. The Bertz CT molecular complexity index is 353. The summed E-state index contributed by atoms with van der Waals surface area (Å²) in [5, 5.41) is 12.3. The Morgan fingerprint density at radius 2 is 2.12 bits per heavy atom. The number of amides is 1. The maximum Gasteiger partial charge on any atom is 0.407 e. The molecular weight excluding hydrogens is 204 g/mol. The third-order valence-electron chi connectivity index (χ3n) is 2.84. The molecule has 1 aliphatic heterocycles. The molecule has 1 amide bonds. The van der Waals surface area contributed by atoms with Gasteiger partial charge in [-0.3, -0.25) is 0 Å². The van der Waals surface area contributed by atoms with E-state index in [1.807, 2.05) is 30.3 Å². The van der Waals surface area contributed by atoms with E-state index in [-0.39, 0.29) is 6.04 Å². The lowest BCUT2D eigenvalue weighted by Crippen LogP contribution is -2.44. The molecule has 4 heteroatoms. The zero-order chi connectivity index (χ0) is 11.4. The van der Waals surface area contributed by atoms with Crippen molar-refractivity contribution < 1.29 is 9.90 Å². The maximum atomic E-state index is 10.9. The van der Waals surface area contributed by atoms with Crippen LogP contribution in [-0.4, -0.2) is 35.2 Å². The van der Waals surface area contributed by atoms with Crippen molar-refractivity contribution in [3.8, 4) is 0 Å². The summed E-state index contributed by atoms with van der Waals surface area (Å²) in [7, 11) is 0. The number of likely N-dealkylation sites (tertiary alicyclic amines) is 1. The van der Waals surface area contributed by atoms with E-state index in [0.717, 1.165) is 18.5 Å². The van der Waals surface area contributed by atoms with Gasteiger partial charge in [0.2, 0.25) is 0 Å². The van der Waals surface area contributed by atoms with E-state index < -0.39 is 6.09 Å². The molecule has 0 unspecified atom stereocenters. The van der Waals surface area contributed by atoms with Crippen LogP contribution in [0.1, 0.15) is 12.8 Å². The number of benzene rings is 1. The van der Waals surface area contributed by atoms with Crippen LogP contribution in [0.4, 0.5) is 10.5 Å². The number of hydrogen-bond donors (Lipinski definition) is 2. The summed E-state index contributed by atoms with van der Waals surface area (Å²) >= 11 is 0. The molecule has 1 heterocycles. The Kier molecular flexibility index (Phi) is 3.29. The topological polar surface area (TPSA) is 52.6 Å². The smallest absolute Gasteiger partial charge is 0.407 e. The molecule has 0 saturated carbocycles. The summed E-state index contributed by atoms with van der Waals surface area (Å²) in [6, 6.07) is 10.1. The fourth-order valence-corrected chi connectivity index (χ4v) is 2.04. The summed E-state index contributed by atoms with van der Waals surface area (Å²) in [6.07, 6.45) is 1.13. The number of carbonyl (C=O) groups is 1. The second-order valence-electron chi connectivity index (χ2n) is 4.08. The standard InChI is InChI=1S/C12H16N2O2/c15-12(16)14-8-4-7-11(9-14)13-10-5-2-1-3-6-10/h1-3,5-6,11,13H,4,7-9H2,(H,15,16)/t11-/m0/s1. The predicted molar refractivity (Wildman–Crippen MR) is 62.7 cm³/mol.